The van der Waals surface area contributed by atoms with E-state index in [4.69, 9.17) is 14.3 Å². The van der Waals surface area contributed by atoms with E-state index in [0.29, 0.717) is 22.4 Å². The Labute approximate surface area is 186 Å². The molecule has 0 amide bonds. The second-order valence-corrected chi connectivity index (χ2v) is 10.3. The van der Waals surface area contributed by atoms with E-state index in [1.54, 1.807) is 0 Å². The quantitative estimate of drug-likeness (QED) is 0.555. The summed E-state index contributed by atoms with van der Waals surface area (Å²) in [6.07, 6.45) is 2.32. The van der Waals surface area contributed by atoms with Crippen LogP contribution in [0.2, 0.25) is 0 Å². The maximum Gasteiger partial charge on any atom is 0.490 e. The minimum Gasteiger partial charge on any atom is -0.400 e. The summed E-state index contributed by atoms with van der Waals surface area (Å²) in [7, 11) is -0.457. The molecule has 4 nitrogen and oxygen atoms in total. The zero-order valence-electron chi connectivity index (χ0n) is 19.1. The summed E-state index contributed by atoms with van der Waals surface area (Å²) in [5, 5.41) is 0. The molecule has 1 aliphatic heterocycles. The van der Waals surface area contributed by atoms with Crippen LogP contribution in [-0.2, 0) is 15.5 Å². The van der Waals surface area contributed by atoms with Gasteiger partial charge in [0.1, 0.15) is 5.82 Å². The Kier molecular flexibility index (Phi) is 4.74. The molecule has 170 valence electrons. The number of nitrogens with one attached hydrogen (secondary N) is 1. The van der Waals surface area contributed by atoms with Crippen molar-refractivity contribution in [3.63, 3.8) is 0 Å². The molecule has 2 fully saturated rings. The Morgan fingerprint density at radius 2 is 1.75 bits per heavy atom. The van der Waals surface area contributed by atoms with Crippen LogP contribution in [0.15, 0.2) is 29.8 Å². The van der Waals surface area contributed by atoms with Crippen LogP contribution < -0.4 is 0 Å². The SMILES string of the molecule is CC1CC=C(c2nc3c(C4CC4)cc(C(F)(F)F)cc3[nH]2)C=C1B1OC(C)(C)C(C)(C)O1. The van der Waals surface area contributed by atoms with Crippen molar-refractivity contribution in [1.29, 1.82) is 0 Å². The Morgan fingerprint density at radius 1 is 1.09 bits per heavy atom. The number of nitrogens with zero attached hydrogens (tertiary/aromatic N) is 1. The first-order chi connectivity index (χ1) is 14.9. The average molecular weight is 444 g/mol. The lowest BCUT2D eigenvalue weighted by Crippen LogP contribution is -2.41. The van der Waals surface area contributed by atoms with Crippen molar-refractivity contribution in [2.45, 2.75) is 77.2 Å². The van der Waals surface area contributed by atoms with Gasteiger partial charge < -0.3 is 14.3 Å². The van der Waals surface area contributed by atoms with Crippen molar-refractivity contribution < 1.29 is 22.5 Å². The van der Waals surface area contributed by atoms with Crippen LogP contribution in [0.3, 0.4) is 0 Å². The molecule has 2 heterocycles. The maximum absolute atomic E-state index is 13.5. The van der Waals surface area contributed by atoms with Gasteiger partial charge in [-0.15, -0.1) is 0 Å². The van der Waals surface area contributed by atoms with Crippen molar-refractivity contribution in [2.75, 3.05) is 0 Å². The topological polar surface area (TPSA) is 47.1 Å². The van der Waals surface area contributed by atoms with Crippen LogP contribution in [0.25, 0.3) is 16.6 Å². The van der Waals surface area contributed by atoms with Crippen molar-refractivity contribution >= 4 is 23.7 Å². The Bertz CT molecular complexity index is 1130. The highest BCUT2D eigenvalue weighted by Crippen LogP contribution is 2.46. The van der Waals surface area contributed by atoms with Gasteiger partial charge in [-0.1, -0.05) is 19.1 Å². The molecule has 8 heteroatoms. The molecule has 2 aliphatic carbocycles. The third kappa shape index (κ3) is 3.61. The Balaban J connectivity index is 1.53. The van der Waals surface area contributed by atoms with Gasteiger partial charge in [0.15, 0.2) is 0 Å². The maximum atomic E-state index is 13.5. The van der Waals surface area contributed by atoms with Gasteiger partial charge in [0.05, 0.1) is 27.8 Å². The lowest BCUT2D eigenvalue weighted by Gasteiger charge is -2.32. The third-order valence-corrected chi connectivity index (χ3v) is 7.34. The normalized spacial score (nSPS) is 25.2. The number of hydrogen-bond acceptors (Lipinski definition) is 3. The molecule has 3 aliphatic rings. The van der Waals surface area contributed by atoms with Gasteiger partial charge >= 0.3 is 13.3 Å². The predicted molar refractivity (Wildman–Crippen MR) is 119 cm³/mol. The molecule has 0 bridgehead atoms. The summed E-state index contributed by atoms with van der Waals surface area (Å²) >= 11 is 0. The van der Waals surface area contributed by atoms with Crippen LogP contribution in [-0.4, -0.2) is 28.3 Å². The van der Waals surface area contributed by atoms with Crippen molar-refractivity contribution in [3.8, 4) is 0 Å². The Hall–Kier alpha value is -2.06. The number of aromatic nitrogens is 2. The van der Waals surface area contributed by atoms with Crippen molar-refractivity contribution in [2.24, 2.45) is 5.92 Å². The van der Waals surface area contributed by atoms with Gasteiger partial charge in [-0.25, -0.2) is 4.98 Å². The van der Waals surface area contributed by atoms with Gasteiger partial charge in [-0.05, 0) is 82.0 Å². The number of aromatic amines is 1. The smallest absolute Gasteiger partial charge is 0.400 e. The lowest BCUT2D eigenvalue weighted by molar-refractivity contribution is -0.137. The minimum atomic E-state index is -4.38. The molecule has 0 spiro atoms. The van der Waals surface area contributed by atoms with Gasteiger partial charge in [0.2, 0.25) is 0 Å². The predicted octanol–water partition coefficient (Wildman–Crippen LogP) is 6.44. The second-order valence-electron chi connectivity index (χ2n) is 10.3. The summed E-state index contributed by atoms with van der Waals surface area (Å²) in [6, 6.07) is 2.44. The highest BCUT2D eigenvalue weighted by atomic mass is 19.4. The summed E-state index contributed by atoms with van der Waals surface area (Å²) < 4.78 is 52.9. The fourth-order valence-corrected chi connectivity index (χ4v) is 4.42. The van der Waals surface area contributed by atoms with E-state index in [2.05, 4.69) is 18.0 Å². The van der Waals surface area contributed by atoms with Crippen LogP contribution >= 0.6 is 0 Å². The molecule has 1 aromatic heterocycles. The third-order valence-electron chi connectivity index (χ3n) is 7.34. The number of alkyl halides is 3. The van der Waals surface area contributed by atoms with E-state index in [1.807, 2.05) is 33.8 Å². The molecule has 1 atom stereocenters. The first-order valence-corrected chi connectivity index (χ1v) is 11.2. The molecule has 32 heavy (non-hydrogen) atoms. The van der Waals surface area contributed by atoms with Crippen molar-refractivity contribution in [3.05, 3.63) is 46.7 Å². The molecular weight excluding hydrogens is 416 g/mol. The zero-order chi connectivity index (χ0) is 23.1. The van der Waals surface area contributed by atoms with Crippen LogP contribution in [0.4, 0.5) is 13.2 Å². The highest BCUT2D eigenvalue weighted by Gasteiger charge is 2.53. The number of hydrogen-bond donors (Lipinski definition) is 1. The molecular formula is C24H28BF3N2O2. The molecule has 1 unspecified atom stereocenters. The molecule has 2 aromatic rings. The Morgan fingerprint density at radius 3 is 2.34 bits per heavy atom. The number of rotatable bonds is 3. The van der Waals surface area contributed by atoms with E-state index < -0.39 is 30.1 Å². The number of H-pyrrole nitrogens is 1. The molecule has 1 N–H and O–H groups in total. The summed E-state index contributed by atoms with van der Waals surface area (Å²) in [6.45, 7) is 10.2. The standard InChI is InChI=1S/C24H28BF3N2O2/c1-13-6-7-15(10-18(13)25-31-22(2,3)23(4,5)32-25)21-29-19-12-16(24(26,27)28)11-17(14-8-9-14)20(19)30-21/h7,10-14H,6,8-9H2,1-5H3,(H,29,30). The summed E-state index contributed by atoms with van der Waals surface area (Å²) in [4.78, 5) is 7.90. The van der Waals surface area contributed by atoms with E-state index in [9.17, 15) is 13.2 Å². The number of fused-ring (bicyclic) bond motifs is 1. The largest absolute Gasteiger partial charge is 0.490 e. The number of benzene rings is 1. The van der Waals surface area contributed by atoms with Crippen LogP contribution in [0.5, 0.6) is 0 Å². The van der Waals surface area contributed by atoms with Crippen LogP contribution in [0, 0.1) is 5.92 Å². The number of halogens is 3. The van der Waals surface area contributed by atoms with E-state index in [-0.39, 0.29) is 11.8 Å². The molecule has 1 saturated carbocycles. The minimum absolute atomic E-state index is 0.159. The number of imidazole rings is 1. The second kappa shape index (κ2) is 6.97. The monoisotopic (exact) mass is 444 g/mol. The van der Waals surface area contributed by atoms with E-state index in [0.717, 1.165) is 30.3 Å². The fraction of sp³-hybridized carbons (Fsp3) is 0.542. The summed E-state index contributed by atoms with van der Waals surface area (Å²) in [5.74, 6) is 0.978. The van der Waals surface area contributed by atoms with E-state index in [1.165, 1.54) is 12.1 Å². The van der Waals surface area contributed by atoms with Gasteiger partial charge in [-0.2, -0.15) is 13.2 Å². The van der Waals surface area contributed by atoms with Gasteiger partial charge in [-0.3, -0.25) is 0 Å². The molecule has 1 saturated heterocycles. The van der Waals surface area contributed by atoms with Gasteiger partial charge in [0.25, 0.3) is 0 Å². The highest BCUT2D eigenvalue weighted by molar-refractivity contribution is 6.55. The van der Waals surface area contributed by atoms with E-state index >= 15 is 0 Å². The molecule has 5 rings (SSSR count). The van der Waals surface area contributed by atoms with Crippen molar-refractivity contribution in [1.82, 2.24) is 9.97 Å². The first kappa shape index (κ1) is 21.8. The molecule has 1 aromatic carbocycles. The zero-order valence-corrected chi connectivity index (χ0v) is 19.1. The first-order valence-electron chi connectivity index (χ1n) is 11.2. The summed E-state index contributed by atoms with van der Waals surface area (Å²) in [5.41, 5.74) is 2.15. The fourth-order valence-electron chi connectivity index (χ4n) is 4.42. The van der Waals surface area contributed by atoms with Gasteiger partial charge in [0, 0.05) is 5.57 Å². The number of allylic oxidation sites excluding steroid dienone is 4. The lowest BCUT2D eigenvalue weighted by atomic mass is 9.67. The average Bonchev–Trinajstić information content (AvgIpc) is 3.39. The van der Waals surface area contributed by atoms with Crippen LogP contribution in [0.1, 0.15) is 76.8 Å². The molecule has 0 radical (unpaired) electrons.